The number of oxazole rings is 1. The van der Waals surface area contributed by atoms with Gasteiger partial charge in [-0.15, -0.1) is 0 Å². The molecular formula is C24H19N5O3. The van der Waals surface area contributed by atoms with Crippen molar-refractivity contribution in [2.45, 2.75) is 20.4 Å². The molecule has 1 amide bonds. The summed E-state index contributed by atoms with van der Waals surface area (Å²) in [6, 6.07) is 13.0. The van der Waals surface area contributed by atoms with Gasteiger partial charge >= 0.3 is 0 Å². The summed E-state index contributed by atoms with van der Waals surface area (Å²) in [5.41, 5.74) is 5.61. The van der Waals surface area contributed by atoms with E-state index in [2.05, 4.69) is 25.4 Å². The number of carbonyl (C=O) groups excluding carboxylic acids is 1. The zero-order chi connectivity index (χ0) is 22.1. The number of rotatable bonds is 5. The molecule has 0 aliphatic rings. The number of amides is 1. The van der Waals surface area contributed by atoms with Crippen LogP contribution >= 0.6 is 0 Å². The summed E-state index contributed by atoms with van der Waals surface area (Å²) in [5.74, 6) is 0.256. The van der Waals surface area contributed by atoms with Crippen molar-refractivity contribution in [2.24, 2.45) is 0 Å². The lowest BCUT2D eigenvalue weighted by molar-refractivity contribution is 0.0950. The van der Waals surface area contributed by atoms with Gasteiger partial charge in [-0.3, -0.25) is 14.8 Å². The van der Waals surface area contributed by atoms with Gasteiger partial charge in [0.2, 0.25) is 5.89 Å². The van der Waals surface area contributed by atoms with Crippen LogP contribution in [0.2, 0.25) is 0 Å². The number of nitrogens with one attached hydrogen (secondary N) is 1. The topological polar surface area (TPSA) is 107 Å². The van der Waals surface area contributed by atoms with E-state index in [0.717, 1.165) is 16.8 Å². The highest BCUT2D eigenvalue weighted by Crippen LogP contribution is 2.30. The molecule has 5 rings (SSSR count). The van der Waals surface area contributed by atoms with E-state index in [1.807, 2.05) is 38.1 Å². The Hall–Kier alpha value is -4.33. The van der Waals surface area contributed by atoms with Gasteiger partial charge in [-0.1, -0.05) is 22.9 Å². The van der Waals surface area contributed by atoms with Crippen LogP contribution in [0.4, 0.5) is 0 Å². The number of carbonyl (C=O) groups is 1. The largest absolute Gasteiger partial charge is 0.444 e. The summed E-state index contributed by atoms with van der Waals surface area (Å²) in [7, 11) is 0. The number of benzene rings is 2. The van der Waals surface area contributed by atoms with Crippen LogP contribution in [-0.4, -0.2) is 26.0 Å². The first-order chi connectivity index (χ1) is 15.6. The van der Waals surface area contributed by atoms with Gasteiger partial charge in [0.1, 0.15) is 17.7 Å². The van der Waals surface area contributed by atoms with Gasteiger partial charge in [0.25, 0.3) is 5.91 Å². The minimum atomic E-state index is -0.234. The van der Waals surface area contributed by atoms with E-state index >= 15 is 0 Å². The van der Waals surface area contributed by atoms with Crippen molar-refractivity contribution in [3.8, 4) is 22.8 Å². The van der Waals surface area contributed by atoms with Crippen LogP contribution in [0.25, 0.3) is 33.8 Å². The van der Waals surface area contributed by atoms with Crippen molar-refractivity contribution in [3.63, 3.8) is 0 Å². The molecule has 3 heterocycles. The van der Waals surface area contributed by atoms with Crippen LogP contribution in [0, 0.1) is 13.8 Å². The van der Waals surface area contributed by atoms with E-state index in [0.29, 0.717) is 39.5 Å². The summed E-state index contributed by atoms with van der Waals surface area (Å²) in [4.78, 5) is 25.7. The maximum absolute atomic E-state index is 12.7. The van der Waals surface area contributed by atoms with E-state index in [9.17, 15) is 4.79 Å². The Morgan fingerprint density at radius 1 is 1.03 bits per heavy atom. The average Bonchev–Trinajstić information content (AvgIpc) is 3.45. The number of nitrogens with zero attached hydrogens (tertiary/aromatic N) is 4. The van der Waals surface area contributed by atoms with Gasteiger partial charge in [-0.25, -0.2) is 4.98 Å². The fraction of sp³-hybridized carbons (Fsp3) is 0.125. The third-order valence-corrected chi connectivity index (χ3v) is 5.04. The van der Waals surface area contributed by atoms with E-state index in [-0.39, 0.29) is 12.5 Å². The van der Waals surface area contributed by atoms with Crippen molar-refractivity contribution < 1.29 is 13.7 Å². The molecule has 0 fully saturated rings. The summed E-state index contributed by atoms with van der Waals surface area (Å²) in [6.45, 7) is 4.16. The van der Waals surface area contributed by atoms with Crippen LogP contribution in [0.3, 0.4) is 0 Å². The lowest BCUT2D eigenvalue weighted by Crippen LogP contribution is -2.23. The molecule has 1 N–H and O–H groups in total. The Balaban J connectivity index is 1.39. The zero-order valence-corrected chi connectivity index (χ0v) is 17.5. The normalized spacial score (nSPS) is 11.1. The van der Waals surface area contributed by atoms with E-state index in [1.54, 1.807) is 30.6 Å². The minimum Gasteiger partial charge on any atom is -0.444 e. The molecule has 0 radical (unpaired) electrons. The van der Waals surface area contributed by atoms with Gasteiger partial charge in [0.05, 0.1) is 29.5 Å². The molecule has 0 unspecified atom stereocenters. The average molecular weight is 425 g/mol. The minimum absolute atomic E-state index is 0.234. The van der Waals surface area contributed by atoms with Crippen LogP contribution in [0.5, 0.6) is 0 Å². The third kappa shape index (κ3) is 3.85. The second-order valence-electron chi connectivity index (χ2n) is 7.48. The number of aryl methyl sites for hydroxylation is 2. The van der Waals surface area contributed by atoms with Gasteiger partial charge in [0.15, 0.2) is 5.58 Å². The quantitative estimate of drug-likeness (QED) is 0.442. The van der Waals surface area contributed by atoms with Crippen molar-refractivity contribution in [1.82, 2.24) is 25.4 Å². The number of hydrogen-bond donors (Lipinski definition) is 1. The fourth-order valence-corrected chi connectivity index (χ4v) is 3.26. The molecule has 0 spiro atoms. The molecule has 158 valence electrons. The fourth-order valence-electron chi connectivity index (χ4n) is 3.26. The standard InChI is InChI=1S/C24H19N5O3/c1-14-3-5-16(6-4-14)24-28-20(13-31-24)22-19-9-17(7-8-21(19)32-29-22)23(30)27-12-18-11-25-15(2)10-26-18/h3-11,13H,12H2,1-2H3,(H,27,30). The Bertz CT molecular complexity index is 1400. The van der Waals surface area contributed by atoms with Crippen molar-refractivity contribution in [1.29, 1.82) is 0 Å². The van der Waals surface area contributed by atoms with Crippen LogP contribution in [0.15, 0.2) is 70.1 Å². The lowest BCUT2D eigenvalue weighted by atomic mass is 10.1. The molecule has 0 aliphatic heterocycles. The highest BCUT2D eigenvalue weighted by atomic mass is 16.5. The predicted molar refractivity (Wildman–Crippen MR) is 118 cm³/mol. The van der Waals surface area contributed by atoms with Crippen LogP contribution in [0.1, 0.15) is 27.3 Å². The maximum atomic E-state index is 12.7. The van der Waals surface area contributed by atoms with Gasteiger partial charge in [-0.2, -0.15) is 0 Å². The van der Waals surface area contributed by atoms with Gasteiger partial charge in [-0.05, 0) is 44.2 Å². The smallest absolute Gasteiger partial charge is 0.251 e. The van der Waals surface area contributed by atoms with Crippen molar-refractivity contribution >= 4 is 16.9 Å². The molecule has 3 aromatic heterocycles. The first-order valence-corrected chi connectivity index (χ1v) is 10.0. The second kappa shape index (κ2) is 8.07. The first kappa shape index (κ1) is 19.6. The second-order valence-corrected chi connectivity index (χ2v) is 7.48. The molecule has 0 aliphatic carbocycles. The number of aromatic nitrogens is 4. The van der Waals surface area contributed by atoms with Gasteiger partial charge < -0.3 is 14.3 Å². The molecule has 32 heavy (non-hydrogen) atoms. The Morgan fingerprint density at radius 3 is 2.66 bits per heavy atom. The van der Waals surface area contributed by atoms with E-state index in [1.165, 1.54) is 6.26 Å². The Kier molecular flexibility index (Phi) is 4.95. The molecule has 0 atom stereocenters. The molecule has 5 aromatic rings. The molecule has 0 saturated carbocycles. The summed E-state index contributed by atoms with van der Waals surface area (Å²) < 4.78 is 11.1. The molecule has 0 saturated heterocycles. The Morgan fingerprint density at radius 2 is 1.88 bits per heavy atom. The highest BCUT2D eigenvalue weighted by Gasteiger charge is 2.17. The summed E-state index contributed by atoms with van der Waals surface area (Å²) >= 11 is 0. The maximum Gasteiger partial charge on any atom is 0.251 e. The Labute approximate surface area is 183 Å². The predicted octanol–water partition coefficient (Wildman–Crippen LogP) is 4.49. The molecule has 8 heteroatoms. The van der Waals surface area contributed by atoms with Crippen LogP contribution in [-0.2, 0) is 6.54 Å². The third-order valence-electron chi connectivity index (χ3n) is 5.04. The molecule has 2 aromatic carbocycles. The van der Waals surface area contributed by atoms with E-state index < -0.39 is 0 Å². The first-order valence-electron chi connectivity index (χ1n) is 10.0. The SMILES string of the molecule is Cc1ccc(-c2nc(-c3noc4ccc(C(=O)NCc5cnc(C)cn5)cc34)co2)cc1. The highest BCUT2D eigenvalue weighted by molar-refractivity contribution is 6.00. The lowest BCUT2D eigenvalue weighted by Gasteiger charge is -2.05. The van der Waals surface area contributed by atoms with Crippen LogP contribution < -0.4 is 5.32 Å². The number of hydrogen-bond acceptors (Lipinski definition) is 7. The monoisotopic (exact) mass is 425 g/mol. The van der Waals surface area contributed by atoms with E-state index in [4.69, 9.17) is 8.94 Å². The van der Waals surface area contributed by atoms with Crippen molar-refractivity contribution in [2.75, 3.05) is 0 Å². The summed E-state index contributed by atoms with van der Waals surface area (Å²) in [6.07, 6.45) is 4.85. The summed E-state index contributed by atoms with van der Waals surface area (Å²) in [5, 5.41) is 7.67. The molecular weight excluding hydrogens is 406 g/mol. The molecule has 8 nitrogen and oxygen atoms in total. The zero-order valence-electron chi connectivity index (χ0n) is 17.5. The molecule has 0 bridgehead atoms. The van der Waals surface area contributed by atoms with Gasteiger partial charge in [0, 0.05) is 17.3 Å². The number of fused-ring (bicyclic) bond motifs is 1. The van der Waals surface area contributed by atoms with Crippen molar-refractivity contribution in [3.05, 3.63) is 83.6 Å².